The first-order valence-corrected chi connectivity index (χ1v) is 6.71. The molecule has 20 heavy (non-hydrogen) atoms. The van der Waals surface area contributed by atoms with Gasteiger partial charge in [-0.15, -0.1) is 0 Å². The van der Waals surface area contributed by atoms with Crippen molar-refractivity contribution in [2.45, 2.75) is 39.8 Å². The minimum absolute atomic E-state index is 0.338. The molecule has 0 fully saturated rings. The van der Waals surface area contributed by atoms with Crippen LogP contribution in [0.4, 0.5) is 4.79 Å². The normalized spacial score (nSPS) is 12.0. The summed E-state index contributed by atoms with van der Waals surface area (Å²) in [6.07, 6.45) is 0.861. The van der Waals surface area contributed by atoms with Crippen molar-refractivity contribution in [1.29, 1.82) is 0 Å². The summed E-state index contributed by atoms with van der Waals surface area (Å²) in [5.74, 6) is -0.338. The largest absolute Gasteiger partial charge is 0.341 e. The number of urea groups is 1. The Morgan fingerprint density at radius 3 is 2.65 bits per heavy atom. The highest BCUT2D eigenvalue weighted by Crippen LogP contribution is 2.02. The van der Waals surface area contributed by atoms with Crippen LogP contribution in [-0.4, -0.2) is 41.4 Å². The summed E-state index contributed by atoms with van der Waals surface area (Å²) < 4.78 is 1.95. The molecule has 1 aromatic rings. The van der Waals surface area contributed by atoms with E-state index in [0.717, 1.165) is 24.4 Å². The highest BCUT2D eigenvalue weighted by molar-refractivity contribution is 5.96. The lowest BCUT2D eigenvalue weighted by Gasteiger charge is -2.13. The number of carbonyl (C=O) groups excluding carboxylic acids is 2. The van der Waals surface area contributed by atoms with Crippen LogP contribution in [-0.2, 0) is 11.3 Å². The zero-order valence-electron chi connectivity index (χ0n) is 12.5. The summed E-state index contributed by atoms with van der Waals surface area (Å²) >= 11 is 0. The van der Waals surface area contributed by atoms with Gasteiger partial charge >= 0.3 is 6.03 Å². The minimum atomic E-state index is -0.494. The van der Waals surface area contributed by atoms with Gasteiger partial charge in [-0.2, -0.15) is 5.10 Å². The van der Waals surface area contributed by atoms with E-state index >= 15 is 0 Å². The van der Waals surface area contributed by atoms with E-state index in [0.29, 0.717) is 6.54 Å². The summed E-state index contributed by atoms with van der Waals surface area (Å²) in [6.45, 7) is 7.19. The van der Waals surface area contributed by atoms with Crippen LogP contribution in [0.2, 0.25) is 0 Å². The van der Waals surface area contributed by atoms with E-state index < -0.39 is 12.1 Å². The summed E-state index contributed by atoms with van der Waals surface area (Å²) in [5.41, 5.74) is 2.14. The van der Waals surface area contributed by atoms with Gasteiger partial charge in [-0.1, -0.05) is 0 Å². The fraction of sp³-hybridized carbons (Fsp3) is 0.615. The molecule has 0 aromatic carbocycles. The summed E-state index contributed by atoms with van der Waals surface area (Å²) in [6, 6.07) is 1.13. The second-order valence-electron chi connectivity index (χ2n) is 4.75. The van der Waals surface area contributed by atoms with Crippen molar-refractivity contribution in [3.05, 3.63) is 17.5 Å². The standard InChI is InChI=1S/C13H23N5O2/c1-9-8-10(2)18(17-9)7-5-6-15-11(3)12(19)16-13(20)14-4/h8,11,15H,5-7H2,1-4H3,(H2,14,16,19,20). The number of nitrogens with one attached hydrogen (secondary N) is 3. The highest BCUT2D eigenvalue weighted by atomic mass is 16.2. The van der Waals surface area contributed by atoms with Crippen LogP contribution < -0.4 is 16.0 Å². The molecule has 0 saturated heterocycles. The summed E-state index contributed by atoms with van der Waals surface area (Å²) in [4.78, 5) is 22.6. The molecule has 3 N–H and O–H groups in total. The van der Waals surface area contributed by atoms with E-state index in [1.54, 1.807) is 6.92 Å². The molecule has 0 aliphatic carbocycles. The second-order valence-corrected chi connectivity index (χ2v) is 4.75. The molecule has 0 spiro atoms. The molecule has 7 nitrogen and oxygen atoms in total. The van der Waals surface area contributed by atoms with Gasteiger partial charge in [0, 0.05) is 19.3 Å². The Labute approximate surface area is 119 Å². The van der Waals surface area contributed by atoms with E-state index in [9.17, 15) is 9.59 Å². The molecule has 1 rings (SSSR count). The molecule has 0 aliphatic heterocycles. The lowest BCUT2D eigenvalue weighted by Crippen LogP contribution is -2.47. The first kappa shape index (κ1) is 16.2. The average molecular weight is 281 g/mol. The fourth-order valence-corrected chi connectivity index (χ4v) is 1.82. The summed E-state index contributed by atoms with van der Waals surface area (Å²) in [5, 5.41) is 12.0. The Morgan fingerprint density at radius 1 is 1.40 bits per heavy atom. The maximum atomic E-state index is 11.6. The number of carbonyl (C=O) groups is 2. The minimum Gasteiger partial charge on any atom is -0.341 e. The molecule has 1 aromatic heterocycles. The van der Waals surface area contributed by atoms with Gasteiger partial charge < -0.3 is 10.6 Å². The third kappa shape index (κ3) is 5.00. The molecule has 0 bridgehead atoms. The van der Waals surface area contributed by atoms with Crippen molar-refractivity contribution in [3.63, 3.8) is 0 Å². The van der Waals surface area contributed by atoms with Crippen molar-refractivity contribution in [3.8, 4) is 0 Å². The van der Waals surface area contributed by atoms with Crippen LogP contribution in [0.15, 0.2) is 6.07 Å². The number of hydrogen-bond donors (Lipinski definition) is 3. The fourth-order valence-electron chi connectivity index (χ4n) is 1.82. The molecule has 1 unspecified atom stereocenters. The van der Waals surface area contributed by atoms with Crippen LogP contribution >= 0.6 is 0 Å². The van der Waals surface area contributed by atoms with Gasteiger partial charge in [-0.05, 0) is 39.8 Å². The van der Waals surface area contributed by atoms with Crippen LogP contribution in [0.5, 0.6) is 0 Å². The molecule has 1 heterocycles. The van der Waals surface area contributed by atoms with Crippen molar-refractivity contribution in [1.82, 2.24) is 25.7 Å². The summed E-state index contributed by atoms with van der Waals surface area (Å²) in [7, 11) is 1.47. The van der Waals surface area contributed by atoms with Gasteiger partial charge in [0.05, 0.1) is 11.7 Å². The van der Waals surface area contributed by atoms with Gasteiger partial charge in [0.25, 0.3) is 0 Å². The molecule has 112 valence electrons. The van der Waals surface area contributed by atoms with Crippen LogP contribution in [0.25, 0.3) is 0 Å². The molecule has 0 radical (unpaired) electrons. The topological polar surface area (TPSA) is 88.0 Å². The quantitative estimate of drug-likeness (QED) is 0.655. The van der Waals surface area contributed by atoms with Crippen LogP contribution in [0.3, 0.4) is 0 Å². The molecule has 0 aliphatic rings. The average Bonchev–Trinajstić information content (AvgIpc) is 2.72. The van der Waals surface area contributed by atoms with Gasteiger partial charge in [0.1, 0.15) is 0 Å². The molecular weight excluding hydrogens is 258 g/mol. The lowest BCUT2D eigenvalue weighted by atomic mass is 10.3. The number of aromatic nitrogens is 2. The number of hydrogen-bond acceptors (Lipinski definition) is 4. The maximum absolute atomic E-state index is 11.6. The number of rotatable bonds is 6. The van der Waals surface area contributed by atoms with E-state index in [1.165, 1.54) is 7.05 Å². The monoisotopic (exact) mass is 281 g/mol. The number of aryl methyl sites for hydroxylation is 3. The smallest absolute Gasteiger partial charge is 0.321 e. The predicted molar refractivity (Wildman–Crippen MR) is 76.4 cm³/mol. The SMILES string of the molecule is CNC(=O)NC(=O)C(C)NCCCn1nc(C)cc1C. The Bertz CT molecular complexity index is 469. The first-order valence-electron chi connectivity index (χ1n) is 6.71. The molecule has 7 heteroatoms. The first-order chi connectivity index (χ1) is 9.43. The Hall–Kier alpha value is -1.89. The van der Waals surface area contributed by atoms with E-state index in [1.807, 2.05) is 24.6 Å². The van der Waals surface area contributed by atoms with Crippen molar-refractivity contribution in [2.75, 3.05) is 13.6 Å². The van der Waals surface area contributed by atoms with Gasteiger partial charge in [-0.3, -0.25) is 14.8 Å². The van der Waals surface area contributed by atoms with Gasteiger partial charge in [0.15, 0.2) is 0 Å². The lowest BCUT2D eigenvalue weighted by molar-refractivity contribution is -0.121. The van der Waals surface area contributed by atoms with Crippen molar-refractivity contribution < 1.29 is 9.59 Å². The molecular formula is C13H23N5O2. The number of nitrogens with zero attached hydrogens (tertiary/aromatic N) is 2. The van der Waals surface area contributed by atoms with Crippen molar-refractivity contribution >= 4 is 11.9 Å². The predicted octanol–water partition coefficient (Wildman–Crippen LogP) is 0.324. The van der Waals surface area contributed by atoms with E-state index in [2.05, 4.69) is 21.0 Å². The third-order valence-electron chi connectivity index (χ3n) is 2.96. The molecule has 1 atom stereocenters. The number of imide groups is 1. The zero-order chi connectivity index (χ0) is 15.1. The number of amides is 3. The van der Waals surface area contributed by atoms with E-state index in [4.69, 9.17) is 0 Å². The highest BCUT2D eigenvalue weighted by Gasteiger charge is 2.13. The van der Waals surface area contributed by atoms with Crippen LogP contribution in [0, 0.1) is 13.8 Å². The maximum Gasteiger partial charge on any atom is 0.321 e. The van der Waals surface area contributed by atoms with Crippen LogP contribution in [0.1, 0.15) is 24.7 Å². The van der Waals surface area contributed by atoms with Crippen molar-refractivity contribution in [2.24, 2.45) is 0 Å². The van der Waals surface area contributed by atoms with E-state index in [-0.39, 0.29) is 5.91 Å². The van der Waals surface area contributed by atoms with Gasteiger partial charge in [0.2, 0.25) is 5.91 Å². The Balaban J connectivity index is 2.25. The Kier molecular flexibility index (Phi) is 6.17. The Morgan fingerprint density at radius 2 is 2.10 bits per heavy atom. The molecule has 0 saturated carbocycles. The van der Waals surface area contributed by atoms with Gasteiger partial charge in [-0.25, -0.2) is 4.79 Å². The molecule has 3 amide bonds. The zero-order valence-corrected chi connectivity index (χ0v) is 12.5. The third-order valence-corrected chi connectivity index (χ3v) is 2.96. The second kappa shape index (κ2) is 7.64.